The maximum absolute atomic E-state index is 12.0. The highest BCUT2D eigenvalue weighted by Gasteiger charge is 2.12. The van der Waals surface area contributed by atoms with Crippen molar-refractivity contribution in [3.05, 3.63) is 18.3 Å². The number of thioether (sulfide) groups is 1. The molecular formula is C13H21N3OS. The van der Waals surface area contributed by atoms with Gasteiger partial charge in [0.1, 0.15) is 0 Å². The zero-order valence-electron chi connectivity index (χ0n) is 11.1. The zero-order chi connectivity index (χ0) is 13.4. The number of nitrogens with two attached hydrogens (primary N) is 1. The van der Waals surface area contributed by atoms with Crippen LogP contribution >= 0.6 is 11.8 Å². The molecule has 0 aliphatic carbocycles. The molecule has 0 spiro atoms. The van der Waals surface area contributed by atoms with Crippen LogP contribution in [0.5, 0.6) is 0 Å². The smallest absolute Gasteiger partial charge is 0.232 e. The largest absolute Gasteiger partial charge is 0.397 e. The molecule has 1 amide bonds. The summed E-state index contributed by atoms with van der Waals surface area (Å²) in [7, 11) is 0. The van der Waals surface area contributed by atoms with E-state index in [1.165, 1.54) is 11.8 Å². The Bertz CT molecular complexity index is 361. The molecule has 5 heteroatoms. The standard InChI is InChI=1S/C13H21N3OS/c1-3-7-16(8-4-2)13(17)10-18-12-6-5-11(14)9-15-12/h5-6,9H,3-4,7-8,10,14H2,1-2H3. The molecule has 0 aromatic carbocycles. The van der Waals surface area contributed by atoms with Gasteiger partial charge in [0.15, 0.2) is 0 Å². The third-order valence-electron chi connectivity index (χ3n) is 2.44. The predicted octanol–water partition coefficient (Wildman–Crippen LogP) is 2.40. The van der Waals surface area contributed by atoms with E-state index in [1.807, 2.05) is 11.0 Å². The van der Waals surface area contributed by atoms with Crippen molar-refractivity contribution in [2.45, 2.75) is 31.7 Å². The van der Waals surface area contributed by atoms with Crippen molar-refractivity contribution in [1.29, 1.82) is 0 Å². The summed E-state index contributed by atoms with van der Waals surface area (Å²) in [5.41, 5.74) is 6.21. The van der Waals surface area contributed by atoms with Gasteiger partial charge in [0, 0.05) is 13.1 Å². The first-order valence-corrected chi connectivity index (χ1v) is 7.28. The van der Waals surface area contributed by atoms with Crippen LogP contribution in [0, 0.1) is 0 Å². The number of nitrogen functional groups attached to an aromatic ring is 1. The Morgan fingerprint density at radius 1 is 1.33 bits per heavy atom. The third kappa shape index (κ3) is 4.96. The quantitative estimate of drug-likeness (QED) is 0.771. The van der Waals surface area contributed by atoms with Gasteiger partial charge >= 0.3 is 0 Å². The summed E-state index contributed by atoms with van der Waals surface area (Å²) in [6.45, 7) is 5.85. The molecule has 0 atom stereocenters. The Labute approximate surface area is 113 Å². The van der Waals surface area contributed by atoms with E-state index >= 15 is 0 Å². The number of aromatic nitrogens is 1. The van der Waals surface area contributed by atoms with Crippen LogP contribution in [0.2, 0.25) is 0 Å². The average molecular weight is 267 g/mol. The van der Waals surface area contributed by atoms with E-state index in [1.54, 1.807) is 12.3 Å². The van der Waals surface area contributed by atoms with Crippen molar-refractivity contribution in [3.8, 4) is 0 Å². The number of carbonyl (C=O) groups excluding carboxylic acids is 1. The van der Waals surface area contributed by atoms with Gasteiger partial charge in [0.05, 0.1) is 22.7 Å². The monoisotopic (exact) mass is 267 g/mol. The van der Waals surface area contributed by atoms with Gasteiger partial charge in [-0.3, -0.25) is 4.79 Å². The van der Waals surface area contributed by atoms with Crippen LogP contribution in [-0.2, 0) is 4.79 Å². The molecule has 4 nitrogen and oxygen atoms in total. The molecule has 0 aliphatic rings. The highest BCUT2D eigenvalue weighted by atomic mass is 32.2. The van der Waals surface area contributed by atoms with Gasteiger partial charge in [-0.2, -0.15) is 0 Å². The fourth-order valence-corrected chi connectivity index (χ4v) is 2.35. The fraction of sp³-hybridized carbons (Fsp3) is 0.538. The molecule has 18 heavy (non-hydrogen) atoms. The van der Waals surface area contributed by atoms with Crippen LogP contribution in [0.3, 0.4) is 0 Å². The molecule has 1 heterocycles. The maximum atomic E-state index is 12.0. The number of carbonyl (C=O) groups is 1. The van der Waals surface area contributed by atoms with E-state index in [2.05, 4.69) is 18.8 Å². The van der Waals surface area contributed by atoms with E-state index in [4.69, 9.17) is 5.73 Å². The SMILES string of the molecule is CCCN(CCC)C(=O)CSc1ccc(N)cn1. The molecule has 0 saturated carbocycles. The second-order valence-corrected chi connectivity index (χ2v) is 5.09. The molecule has 0 fully saturated rings. The topological polar surface area (TPSA) is 59.2 Å². The third-order valence-corrected chi connectivity index (χ3v) is 3.37. The molecule has 100 valence electrons. The second-order valence-electron chi connectivity index (χ2n) is 4.10. The Hall–Kier alpha value is -1.23. The second kappa shape index (κ2) is 7.97. The van der Waals surface area contributed by atoms with Crippen molar-refractivity contribution in [2.24, 2.45) is 0 Å². The lowest BCUT2D eigenvalue weighted by atomic mass is 10.3. The molecule has 0 saturated heterocycles. The van der Waals surface area contributed by atoms with Gasteiger partial charge in [-0.1, -0.05) is 25.6 Å². The minimum Gasteiger partial charge on any atom is -0.397 e. The highest BCUT2D eigenvalue weighted by molar-refractivity contribution is 7.99. The molecule has 1 aromatic heterocycles. The first-order valence-electron chi connectivity index (χ1n) is 6.29. The Balaban J connectivity index is 2.45. The summed E-state index contributed by atoms with van der Waals surface area (Å²) in [4.78, 5) is 18.1. The van der Waals surface area contributed by atoms with Gasteiger partial charge < -0.3 is 10.6 Å². The summed E-state index contributed by atoms with van der Waals surface area (Å²) < 4.78 is 0. The summed E-state index contributed by atoms with van der Waals surface area (Å²) in [5, 5.41) is 0.838. The molecule has 0 radical (unpaired) electrons. The van der Waals surface area contributed by atoms with Crippen molar-refractivity contribution in [3.63, 3.8) is 0 Å². The maximum Gasteiger partial charge on any atom is 0.232 e. The van der Waals surface area contributed by atoms with Crippen LogP contribution in [-0.4, -0.2) is 34.6 Å². The number of nitrogens with zero attached hydrogens (tertiary/aromatic N) is 2. The Kier molecular flexibility index (Phi) is 6.57. The summed E-state index contributed by atoms with van der Waals surface area (Å²) >= 11 is 1.46. The molecule has 2 N–H and O–H groups in total. The summed E-state index contributed by atoms with van der Waals surface area (Å²) in [6.07, 6.45) is 3.61. The molecule has 1 aromatic rings. The number of hydrogen-bond acceptors (Lipinski definition) is 4. The average Bonchev–Trinajstić information content (AvgIpc) is 2.37. The summed E-state index contributed by atoms with van der Waals surface area (Å²) in [6, 6.07) is 3.65. The van der Waals surface area contributed by atoms with Gasteiger partial charge in [-0.05, 0) is 25.0 Å². The molecule has 0 bridgehead atoms. The van der Waals surface area contributed by atoms with Crippen molar-refractivity contribution >= 4 is 23.4 Å². The van der Waals surface area contributed by atoms with Gasteiger partial charge in [-0.15, -0.1) is 0 Å². The number of anilines is 1. The predicted molar refractivity (Wildman–Crippen MR) is 76.5 cm³/mol. The molecule has 0 unspecified atom stereocenters. The van der Waals surface area contributed by atoms with Crippen LogP contribution in [0.15, 0.2) is 23.4 Å². The van der Waals surface area contributed by atoms with E-state index in [9.17, 15) is 4.79 Å². The summed E-state index contributed by atoms with van der Waals surface area (Å²) in [5.74, 6) is 0.624. The van der Waals surface area contributed by atoms with Crippen LogP contribution in [0.25, 0.3) is 0 Å². The lowest BCUT2D eigenvalue weighted by molar-refractivity contribution is -0.128. The van der Waals surface area contributed by atoms with Gasteiger partial charge in [-0.25, -0.2) is 4.98 Å². The first-order chi connectivity index (χ1) is 8.67. The van der Waals surface area contributed by atoms with E-state index in [-0.39, 0.29) is 5.91 Å². The number of hydrogen-bond donors (Lipinski definition) is 1. The Morgan fingerprint density at radius 2 is 2.00 bits per heavy atom. The first kappa shape index (κ1) is 14.8. The van der Waals surface area contributed by atoms with Crippen molar-refractivity contribution in [1.82, 2.24) is 9.88 Å². The molecular weight excluding hydrogens is 246 g/mol. The Morgan fingerprint density at radius 3 is 2.50 bits per heavy atom. The van der Waals surface area contributed by atoms with Crippen molar-refractivity contribution < 1.29 is 4.79 Å². The van der Waals surface area contributed by atoms with Gasteiger partial charge in [0.2, 0.25) is 5.91 Å². The molecule has 1 rings (SSSR count). The van der Waals surface area contributed by atoms with Crippen LogP contribution < -0.4 is 5.73 Å². The fourth-order valence-electron chi connectivity index (χ4n) is 1.61. The van der Waals surface area contributed by atoms with Gasteiger partial charge in [0.25, 0.3) is 0 Å². The van der Waals surface area contributed by atoms with Crippen molar-refractivity contribution in [2.75, 3.05) is 24.6 Å². The molecule has 0 aliphatic heterocycles. The highest BCUT2D eigenvalue weighted by Crippen LogP contribution is 2.16. The zero-order valence-corrected chi connectivity index (χ0v) is 11.9. The van der Waals surface area contributed by atoms with E-state index in [0.717, 1.165) is 31.0 Å². The van der Waals surface area contributed by atoms with Crippen LogP contribution in [0.4, 0.5) is 5.69 Å². The lowest BCUT2D eigenvalue weighted by Crippen LogP contribution is -2.33. The van der Waals surface area contributed by atoms with Crippen LogP contribution in [0.1, 0.15) is 26.7 Å². The minimum atomic E-state index is 0.183. The number of amides is 1. The van der Waals surface area contributed by atoms with E-state index < -0.39 is 0 Å². The number of pyridine rings is 1. The number of rotatable bonds is 7. The van der Waals surface area contributed by atoms with E-state index in [0.29, 0.717) is 11.4 Å². The lowest BCUT2D eigenvalue weighted by Gasteiger charge is -2.21. The minimum absolute atomic E-state index is 0.183. The normalized spacial score (nSPS) is 10.3.